The van der Waals surface area contributed by atoms with E-state index in [0.29, 0.717) is 28.7 Å². The van der Waals surface area contributed by atoms with Gasteiger partial charge in [-0.25, -0.2) is 0 Å². The first-order chi connectivity index (χ1) is 9.67. The quantitative estimate of drug-likeness (QED) is 0.827. The van der Waals surface area contributed by atoms with Gasteiger partial charge in [0.05, 0.1) is 11.6 Å². The summed E-state index contributed by atoms with van der Waals surface area (Å²) >= 11 is 12.4. The van der Waals surface area contributed by atoms with E-state index in [2.05, 4.69) is 12.2 Å². The number of ether oxygens (including phenoxy) is 1. The minimum Gasteiger partial charge on any atom is -0.492 e. The van der Waals surface area contributed by atoms with Crippen molar-refractivity contribution in [3.05, 3.63) is 27.7 Å². The summed E-state index contributed by atoms with van der Waals surface area (Å²) in [6, 6.07) is 4.63. The normalized spacial score (nSPS) is 23.1. The van der Waals surface area contributed by atoms with Gasteiger partial charge in [0.2, 0.25) is 0 Å². The molecule has 1 N–H and O–H groups in total. The van der Waals surface area contributed by atoms with Gasteiger partial charge in [-0.1, -0.05) is 43.0 Å². The molecule has 2 nitrogen and oxygen atoms in total. The van der Waals surface area contributed by atoms with E-state index < -0.39 is 0 Å². The second kappa shape index (κ2) is 6.13. The van der Waals surface area contributed by atoms with E-state index >= 15 is 0 Å². The summed E-state index contributed by atoms with van der Waals surface area (Å²) in [5, 5.41) is 5.09. The third kappa shape index (κ3) is 3.24. The number of hydrogen-bond acceptors (Lipinski definition) is 2. The Morgan fingerprint density at radius 2 is 2.10 bits per heavy atom. The molecule has 0 bridgehead atoms. The molecule has 1 aromatic rings. The van der Waals surface area contributed by atoms with E-state index in [9.17, 15) is 0 Å². The lowest BCUT2D eigenvalue weighted by Gasteiger charge is -2.31. The zero-order valence-corrected chi connectivity index (χ0v) is 13.3. The van der Waals surface area contributed by atoms with Gasteiger partial charge in [0.1, 0.15) is 5.75 Å². The lowest BCUT2D eigenvalue weighted by molar-refractivity contribution is 0.239. The molecule has 4 heteroatoms. The van der Waals surface area contributed by atoms with Gasteiger partial charge in [0.15, 0.2) is 0 Å². The Bertz CT molecular complexity index is 488. The molecule has 20 heavy (non-hydrogen) atoms. The lowest BCUT2D eigenvalue weighted by Crippen LogP contribution is -2.35. The fourth-order valence-electron chi connectivity index (χ4n) is 2.99. The number of hydrogen-bond donors (Lipinski definition) is 1. The predicted octanol–water partition coefficient (Wildman–Crippen LogP) is 4.99. The average Bonchev–Trinajstić information content (AvgIpc) is 3.22. The molecule has 110 valence electrons. The number of nitrogens with one attached hydrogen (secondary N) is 1. The standard InChI is InChI=1S/C16H21Cl2NO/c1-2-12(7-10-3-4-10)19-15-5-6-20-16-13(15)8-11(17)9-14(16)18/h8-10,12,15,19H,2-7H2,1H3. The van der Waals surface area contributed by atoms with Crippen molar-refractivity contribution in [3.8, 4) is 5.75 Å². The number of rotatable bonds is 5. The summed E-state index contributed by atoms with van der Waals surface area (Å²) in [4.78, 5) is 0. The van der Waals surface area contributed by atoms with Crippen molar-refractivity contribution in [1.29, 1.82) is 0 Å². The topological polar surface area (TPSA) is 21.3 Å². The zero-order chi connectivity index (χ0) is 14.1. The first kappa shape index (κ1) is 14.5. The van der Waals surface area contributed by atoms with Crippen LogP contribution in [0.4, 0.5) is 0 Å². The molecule has 0 aromatic heterocycles. The summed E-state index contributed by atoms with van der Waals surface area (Å²) in [5.41, 5.74) is 1.11. The Labute approximate surface area is 130 Å². The van der Waals surface area contributed by atoms with Gasteiger partial charge in [-0.05, 0) is 30.9 Å². The van der Waals surface area contributed by atoms with Gasteiger partial charge >= 0.3 is 0 Å². The maximum Gasteiger partial charge on any atom is 0.142 e. The van der Waals surface area contributed by atoms with Crippen LogP contribution < -0.4 is 10.1 Å². The van der Waals surface area contributed by atoms with Crippen molar-refractivity contribution in [3.63, 3.8) is 0 Å². The van der Waals surface area contributed by atoms with Crippen molar-refractivity contribution >= 4 is 23.2 Å². The molecule has 1 saturated carbocycles. The number of fused-ring (bicyclic) bond motifs is 1. The Morgan fingerprint density at radius 3 is 2.80 bits per heavy atom. The highest BCUT2D eigenvalue weighted by atomic mass is 35.5. The lowest BCUT2D eigenvalue weighted by atomic mass is 9.97. The smallest absolute Gasteiger partial charge is 0.142 e. The highest BCUT2D eigenvalue weighted by molar-refractivity contribution is 6.35. The maximum atomic E-state index is 6.24. The first-order valence-corrected chi connectivity index (χ1v) is 8.30. The third-order valence-corrected chi connectivity index (χ3v) is 4.81. The van der Waals surface area contributed by atoms with Gasteiger partial charge in [0.25, 0.3) is 0 Å². The van der Waals surface area contributed by atoms with Crippen molar-refractivity contribution in [2.45, 2.75) is 51.1 Å². The van der Waals surface area contributed by atoms with E-state index in [-0.39, 0.29) is 0 Å². The van der Waals surface area contributed by atoms with Crippen molar-refractivity contribution in [1.82, 2.24) is 5.32 Å². The molecule has 1 heterocycles. The van der Waals surface area contributed by atoms with Gasteiger partial charge < -0.3 is 10.1 Å². The van der Waals surface area contributed by atoms with E-state index in [1.807, 2.05) is 6.07 Å². The molecule has 0 amide bonds. The summed E-state index contributed by atoms with van der Waals surface area (Å²) in [5.74, 6) is 1.75. The molecule has 1 aliphatic heterocycles. The highest BCUT2D eigenvalue weighted by Gasteiger charge is 2.29. The molecule has 1 aliphatic carbocycles. The predicted molar refractivity (Wildman–Crippen MR) is 83.9 cm³/mol. The summed E-state index contributed by atoms with van der Waals surface area (Å²) in [6.07, 6.45) is 6.24. The number of halogens is 2. The van der Waals surface area contributed by atoms with Crippen molar-refractivity contribution in [2.24, 2.45) is 5.92 Å². The summed E-state index contributed by atoms with van der Waals surface area (Å²) in [6.45, 7) is 2.97. The minimum atomic E-state index is 0.304. The van der Waals surface area contributed by atoms with Gasteiger partial charge in [-0.3, -0.25) is 0 Å². The van der Waals surface area contributed by atoms with Crippen LogP contribution >= 0.6 is 23.2 Å². The van der Waals surface area contributed by atoms with Gasteiger partial charge in [0, 0.05) is 29.1 Å². The molecule has 3 rings (SSSR count). The monoisotopic (exact) mass is 313 g/mol. The van der Waals surface area contributed by atoms with Gasteiger partial charge in [-0.2, -0.15) is 0 Å². The van der Waals surface area contributed by atoms with Crippen LogP contribution in [0.3, 0.4) is 0 Å². The van der Waals surface area contributed by atoms with Crippen molar-refractivity contribution < 1.29 is 4.74 Å². The van der Waals surface area contributed by atoms with Crippen LogP contribution in [0.5, 0.6) is 5.75 Å². The van der Waals surface area contributed by atoms with Crippen LogP contribution in [0.25, 0.3) is 0 Å². The van der Waals surface area contributed by atoms with E-state index in [0.717, 1.165) is 30.1 Å². The highest BCUT2D eigenvalue weighted by Crippen LogP contribution is 2.41. The van der Waals surface area contributed by atoms with Crippen LogP contribution in [0.2, 0.25) is 10.0 Å². The summed E-state index contributed by atoms with van der Waals surface area (Å²) in [7, 11) is 0. The minimum absolute atomic E-state index is 0.304. The average molecular weight is 314 g/mol. The molecule has 2 aliphatic rings. The van der Waals surface area contributed by atoms with Crippen LogP contribution in [0.1, 0.15) is 50.6 Å². The molecule has 0 radical (unpaired) electrons. The third-order valence-electron chi connectivity index (χ3n) is 4.31. The second-order valence-electron chi connectivity index (χ2n) is 5.95. The van der Waals surface area contributed by atoms with E-state index in [1.54, 1.807) is 6.07 Å². The Kier molecular flexibility index (Phi) is 4.44. The Hall–Kier alpha value is -0.440. The van der Waals surface area contributed by atoms with E-state index in [4.69, 9.17) is 27.9 Å². The number of benzene rings is 1. The maximum absolute atomic E-state index is 6.24. The fraction of sp³-hybridized carbons (Fsp3) is 0.625. The van der Waals surface area contributed by atoms with Crippen LogP contribution in [0, 0.1) is 5.92 Å². The van der Waals surface area contributed by atoms with Crippen LogP contribution in [-0.2, 0) is 0 Å². The molecular formula is C16H21Cl2NO. The molecule has 0 saturated heterocycles. The molecular weight excluding hydrogens is 293 g/mol. The SMILES string of the molecule is CCC(CC1CC1)NC1CCOc2c(Cl)cc(Cl)cc21. The van der Waals surface area contributed by atoms with Crippen LogP contribution in [-0.4, -0.2) is 12.6 Å². The Morgan fingerprint density at radius 1 is 1.30 bits per heavy atom. The molecule has 1 aromatic carbocycles. The van der Waals surface area contributed by atoms with Gasteiger partial charge in [-0.15, -0.1) is 0 Å². The summed E-state index contributed by atoms with van der Waals surface area (Å²) < 4.78 is 5.72. The molecule has 0 spiro atoms. The molecule has 2 atom stereocenters. The second-order valence-corrected chi connectivity index (χ2v) is 6.79. The molecule has 1 fully saturated rings. The first-order valence-electron chi connectivity index (χ1n) is 7.55. The van der Waals surface area contributed by atoms with E-state index in [1.165, 1.54) is 19.3 Å². The fourth-order valence-corrected chi connectivity index (χ4v) is 3.56. The zero-order valence-electron chi connectivity index (χ0n) is 11.8. The van der Waals surface area contributed by atoms with Crippen molar-refractivity contribution in [2.75, 3.05) is 6.61 Å². The molecule has 2 unspecified atom stereocenters. The Balaban J connectivity index is 1.77. The largest absolute Gasteiger partial charge is 0.492 e. The van der Waals surface area contributed by atoms with Crippen LogP contribution in [0.15, 0.2) is 12.1 Å².